The molecule has 0 aliphatic heterocycles. The van der Waals surface area contributed by atoms with Crippen molar-refractivity contribution >= 4 is 0 Å². The number of pyridine rings is 1. The number of aliphatic hydroxyl groups is 1. The van der Waals surface area contributed by atoms with E-state index < -0.39 is 17.8 Å². The van der Waals surface area contributed by atoms with Gasteiger partial charge in [0.1, 0.15) is 17.5 Å². The second-order valence-electron chi connectivity index (χ2n) is 4.12. The predicted molar refractivity (Wildman–Crippen MR) is 66.3 cm³/mol. The third kappa shape index (κ3) is 2.91. The first-order chi connectivity index (χ1) is 9.43. The first-order valence-corrected chi connectivity index (χ1v) is 5.77. The average Bonchev–Trinajstić information content (AvgIpc) is 2.45. The normalized spacial score (nSPS) is 13.1. The minimum Gasteiger partial charge on any atom is -0.495 e. The molecule has 1 unspecified atom stereocenters. The number of benzene rings is 1. The minimum absolute atomic E-state index is 0.108. The Kier molecular flexibility index (Phi) is 3.94. The molecule has 0 aliphatic rings. The number of ether oxygens (including phenoxy) is 1. The van der Waals surface area contributed by atoms with Crippen LogP contribution < -0.4 is 4.74 Å². The Morgan fingerprint density at radius 3 is 2.60 bits per heavy atom. The Morgan fingerprint density at radius 2 is 1.95 bits per heavy atom. The van der Waals surface area contributed by atoms with Crippen LogP contribution in [0.15, 0.2) is 42.6 Å². The van der Waals surface area contributed by atoms with Gasteiger partial charge in [-0.05, 0) is 29.8 Å². The zero-order valence-corrected chi connectivity index (χ0v) is 10.6. The molecule has 0 amide bonds. The zero-order chi connectivity index (χ0) is 14.8. The van der Waals surface area contributed by atoms with Crippen molar-refractivity contribution in [1.82, 2.24) is 4.98 Å². The Morgan fingerprint density at radius 1 is 1.20 bits per heavy atom. The van der Waals surface area contributed by atoms with Crippen molar-refractivity contribution in [2.24, 2.45) is 0 Å². The second-order valence-corrected chi connectivity index (χ2v) is 4.12. The quantitative estimate of drug-likeness (QED) is 0.940. The van der Waals surface area contributed by atoms with Gasteiger partial charge in [-0.3, -0.25) is 4.98 Å². The van der Waals surface area contributed by atoms with Gasteiger partial charge < -0.3 is 9.84 Å². The van der Waals surface area contributed by atoms with Crippen LogP contribution in [-0.2, 0) is 6.18 Å². The van der Waals surface area contributed by atoms with Crippen molar-refractivity contribution in [1.29, 1.82) is 0 Å². The molecule has 0 spiro atoms. The summed E-state index contributed by atoms with van der Waals surface area (Å²) < 4.78 is 43.0. The van der Waals surface area contributed by atoms with E-state index in [9.17, 15) is 18.3 Å². The molecule has 20 heavy (non-hydrogen) atoms. The lowest BCUT2D eigenvalue weighted by molar-refractivity contribution is -0.137. The molecular formula is C14H12F3NO2. The van der Waals surface area contributed by atoms with Crippen LogP contribution in [0.3, 0.4) is 0 Å². The van der Waals surface area contributed by atoms with Gasteiger partial charge in [-0.2, -0.15) is 13.2 Å². The summed E-state index contributed by atoms with van der Waals surface area (Å²) in [6, 6.07) is 7.70. The fourth-order valence-corrected chi connectivity index (χ4v) is 1.82. The maximum absolute atomic E-state index is 12.7. The summed E-state index contributed by atoms with van der Waals surface area (Å²) in [6.45, 7) is 0. The van der Waals surface area contributed by atoms with Gasteiger partial charge in [-0.25, -0.2) is 0 Å². The number of rotatable bonds is 3. The smallest absolute Gasteiger partial charge is 0.416 e. The topological polar surface area (TPSA) is 42.4 Å². The molecule has 0 fully saturated rings. The molecular weight excluding hydrogens is 271 g/mol. The molecule has 0 bridgehead atoms. The zero-order valence-electron chi connectivity index (χ0n) is 10.6. The number of aliphatic hydroxyl groups excluding tert-OH is 1. The van der Waals surface area contributed by atoms with E-state index >= 15 is 0 Å². The van der Waals surface area contributed by atoms with Crippen LogP contribution in [0.1, 0.15) is 22.9 Å². The number of nitrogens with zero attached hydrogens (tertiary/aromatic N) is 1. The minimum atomic E-state index is -4.45. The maximum atomic E-state index is 12.7. The number of methoxy groups -OCH3 is 1. The van der Waals surface area contributed by atoms with Crippen molar-refractivity contribution in [3.8, 4) is 5.75 Å². The predicted octanol–water partition coefficient (Wildman–Crippen LogP) is 3.19. The lowest BCUT2D eigenvalue weighted by atomic mass is 10.0. The summed E-state index contributed by atoms with van der Waals surface area (Å²) in [4.78, 5) is 3.96. The summed E-state index contributed by atoms with van der Waals surface area (Å²) in [7, 11) is 1.40. The number of hydrogen-bond donors (Lipinski definition) is 1. The lowest BCUT2D eigenvalue weighted by Gasteiger charge is -2.15. The van der Waals surface area contributed by atoms with Gasteiger partial charge >= 0.3 is 6.18 Å². The van der Waals surface area contributed by atoms with E-state index in [2.05, 4.69) is 4.98 Å². The number of hydrogen-bond acceptors (Lipinski definition) is 3. The molecule has 106 valence electrons. The van der Waals surface area contributed by atoms with Crippen molar-refractivity contribution in [2.75, 3.05) is 7.11 Å². The summed E-state index contributed by atoms with van der Waals surface area (Å²) in [6.07, 6.45) is -4.30. The van der Waals surface area contributed by atoms with Crippen LogP contribution in [-0.4, -0.2) is 17.2 Å². The Balaban J connectivity index is 2.41. The second kappa shape index (κ2) is 5.50. The molecule has 6 heteroatoms. The molecule has 0 saturated carbocycles. The van der Waals surface area contributed by atoms with Crippen LogP contribution in [0.2, 0.25) is 0 Å². The van der Waals surface area contributed by atoms with Crippen LogP contribution in [0.5, 0.6) is 5.75 Å². The monoisotopic (exact) mass is 283 g/mol. The molecule has 0 radical (unpaired) electrons. The van der Waals surface area contributed by atoms with Crippen LogP contribution >= 0.6 is 0 Å². The molecule has 1 atom stereocenters. The third-order valence-corrected chi connectivity index (χ3v) is 2.81. The molecule has 2 rings (SSSR count). The van der Waals surface area contributed by atoms with Crippen LogP contribution in [0.25, 0.3) is 0 Å². The molecule has 0 aliphatic carbocycles. The van der Waals surface area contributed by atoms with Gasteiger partial charge in [0.25, 0.3) is 0 Å². The van der Waals surface area contributed by atoms with Gasteiger partial charge in [0.2, 0.25) is 0 Å². The molecule has 1 aromatic carbocycles. The highest BCUT2D eigenvalue weighted by atomic mass is 19.4. The number of halogens is 3. The highest BCUT2D eigenvalue weighted by Gasteiger charge is 2.31. The first kappa shape index (κ1) is 14.3. The van der Waals surface area contributed by atoms with Crippen molar-refractivity contribution < 1.29 is 23.0 Å². The number of aromatic nitrogens is 1. The molecule has 1 heterocycles. The van der Waals surface area contributed by atoms with Gasteiger partial charge in [-0.1, -0.05) is 12.1 Å². The van der Waals surface area contributed by atoms with E-state index in [1.807, 2.05) is 0 Å². The number of alkyl halides is 3. The maximum Gasteiger partial charge on any atom is 0.416 e. The standard InChI is InChI=1S/C14H12F3NO2/c1-20-11-6-3-7-18-12(11)13(19)9-4-2-5-10(8-9)14(15,16)17/h2-8,13,19H,1H3. The summed E-state index contributed by atoms with van der Waals surface area (Å²) in [5.74, 6) is 0.317. The van der Waals surface area contributed by atoms with Gasteiger partial charge in [0, 0.05) is 6.20 Å². The highest BCUT2D eigenvalue weighted by molar-refractivity contribution is 5.37. The highest BCUT2D eigenvalue weighted by Crippen LogP contribution is 2.33. The van der Waals surface area contributed by atoms with E-state index in [1.54, 1.807) is 12.1 Å². The largest absolute Gasteiger partial charge is 0.495 e. The molecule has 1 N–H and O–H groups in total. The van der Waals surface area contributed by atoms with Crippen molar-refractivity contribution in [3.05, 3.63) is 59.4 Å². The van der Waals surface area contributed by atoms with E-state index in [-0.39, 0.29) is 11.3 Å². The molecule has 2 aromatic rings. The Bertz CT molecular complexity index is 599. The van der Waals surface area contributed by atoms with E-state index in [1.165, 1.54) is 25.4 Å². The summed E-state index contributed by atoms with van der Waals surface area (Å²) in [5, 5.41) is 10.2. The fourth-order valence-electron chi connectivity index (χ4n) is 1.82. The first-order valence-electron chi connectivity index (χ1n) is 5.77. The summed E-state index contributed by atoms with van der Waals surface area (Å²) >= 11 is 0. The molecule has 0 saturated heterocycles. The third-order valence-electron chi connectivity index (χ3n) is 2.81. The lowest BCUT2D eigenvalue weighted by Crippen LogP contribution is -2.09. The van der Waals surface area contributed by atoms with Crippen molar-refractivity contribution in [3.63, 3.8) is 0 Å². The van der Waals surface area contributed by atoms with Crippen LogP contribution in [0, 0.1) is 0 Å². The van der Waals surface area contributed by atoms with Crippen LogP contribution in [0.4, 0.5) is 13.2 Å². The van der Waals surface area contributed by atoms with Crippen molar-refractivity contribution in [2.45, 2.75) is 12.3 Å². The SMILES string of the molecule is COc1cccnc1C(O)c1cccc(C(F)(F)F)c1. The Hall–Kier alpha value is -2.08. The fraction of sp³-hybridized carbons (Fsp3) is 0.214. The summed E-state index contributed by atoms with van der Waals surface area (Å²) in [5.41, 5.74) is -0.532. The molecule has 3 nitrogen and oxygen atoms in total. The van der Waals surface area contributed by atoms with E-state index in [0.29, 0.717) is 5.75 Å². The van der Waals surface area contributed by atoms with Gasteiger partial charge in [-0.15, -0.1) is 0 Å². The Labute approximate surface area is 113 Å². The average molecular weight is 283 g/mol. The van der Waals surface area contributed by atoms with E-state index in [4.69, 9.17) is 4.74 Å². The van der Waals surface area contributed by atoms with Gasteiger partial charge in [0.05, 0.1) is 12.7 Å². The van der Waals surface area contributed by atoms with Gasteiger partial charge in [0.15, 0.2) is 0 Å². The molecule has 1 aromatic heterocycles. The van der Waals surface area contributed by atoms with E-state index in [0.717, 1.165) is 12.1 Å².